The van der Waals surface area contributed by atoms with Gasteiger partial charge in [-0.3, -0.25) is 9.69 Å². The molecule has 1 saturated heterocycles. The second-order valence-corrected chi connectivity index (χ2v) is 7.71. The first-order chi connectivity index (χ1) is 9.78. The molecule has 7 heteroatoms. The lowest BCUT2D eigenvalue weighted by molar-refractivity contribution is -0.119. The molecule has 6 nitrogen and oxygen atoms in total. The van der Waals surface area contributed by atoms with Crippen LogP contribution in [0.1, 0.15) is 6.92 Å². The normalized spacial score (nSPS) is 21.9. The molecule has 0 spiro atoms. The van der Waals surface area contributed by atoms with E-state index in [0.29, 0.717) is 12.2 Å². The highest BCUT2D eigenvalue weighted by Gasteiger charge is 2.29. The summed E-state index contributed by atoms with van der Waals surface area (Å²) in [5.41, 5.74) is 7.04. The van der Waals surface area contributed by atoms with E-state index < -0.39 is 9.84 Å². The number of rotatable bonds is 3. The Balaban J connectivity index is 1.99. The number of benzene rings is 1. The Hall–Kier alpha value is -1.60. The summed E-state index contributed by atoms with van der Waals surface area (Å²) >= 11 is 0. The van der Waals surface area contributed by atoms with E-state index in [1.165, 1.54) is 0 Å². The number of carbonyl (C=O) groups excluding carboxylic acids is 1. The molecule has 2 rings (SSSR count). The molecule has 0 aromatic heterocycles. The number of nitrogen functional groups attached to an aromatic ring is 1. The number of anilines is 2. The zero-order valence-corrected chi connectivity index (χ0v) is 13.1. The maximum Gasteiger partial charge on any atom is 0.240 e. The van der Waals surface area contributed by atoms with E-state index in [2.05, 4.69) is 0 Å². The molecule has 0 bridgehead atoms. The molecule has 1 aromatic carbocycles. The van der Waals surface area contributed by atoms with E-state index in [0.717, 1.165) is 5.69 Å². The Morgan fingerprint density at radius 1 is 1.38 bits per heavy atom. The highest BCUT2D eigenvalue weighted by atomic mass is 32.2. The number of hydrogen-bond donors (Lipinski definition) is 1. The number of amides is 1. The van der Waals surface area contributed by atoms with E-state index in [-0.39, 0.29) is 30.0 Å². The quantitative estimate of drug-likeness (QED) is 0.814. The van der Waals surface area contributed by atoms with E-state index >= 15 is 0 Å². The van der Waals surface area contributed by atoms with Crippen LogP contribution in [0.25, 0.3) is 0 Å². The first kappa shape index (κ1) is 15.8. The lowest BCUT2D eigenvalue weighted by Gasteiger charge is -2.33. The minimum atomic E-state index is -2.96. The molecule has 1 aliphatic heterocycles. The van der Waals surface area contributed by atoms with Crippen molar-refractivity contribution in [2.45, 2.75) is 13.0 Å². The summed E-state index contributed by atoms with van der Waals surface area (Å²) < 4.78 is 23.1. The van der Waals surface area contributed by atoms with Crippen LogP contribution in [0, 0.1) is 0 Å². The van der Waals surface area contributed by atoms with Crippen molar-refractivity contribution in [3.63, 3.8) is 0 Å². The topological polar surface area (TPSA) is 83.7 Å². The minimum absolute atomic E-state index is 0.0640. The van der Waals surface area contributed by atoms with E-state index in [1.807, 2.05) is 11.8 Å². The van der Waals surface area contributed by atoms with Gasteiger partial charge in [0.2, 0.25) is 5.91 Å². The Bertz CT molecular complexity index is 613. The van der Waals surface area contributed by atoms with Crippen LogP contribution in [-0.4, -0.2) is 56.9 Å². The highest BCUT2D eigenvalue weighted by Crippen LogP contribution is 2.16. The fourth-order valence-electron chi connectivity index (χ4n) is 2.39. The largest absolute Gasteiger partial charge is 0.399 e. The van der Waals surface area contributed by atoms with Crippen molar-refractivity contribution < 1.29 is 13.2 Å². The van der Waals surface area contributed by atoms with Gasteiger partial charge in [-0.25, -0.2) is 8.42 Å². The average molecular weight is 311 g/mol. The molecule has 1 heterocycles. The lowest BCUT2D eigenvalue weighted by Crippen LogP contribution is -2.50. The first-order valence-electron chi connectivity index (χ1n) is 6.85. The summed E-state index contributed by atoms with van der Waals surface area (Å²) in [4.78, 5) is 15.8. The number of nitrogens with two attached hydrogens (primary N) is 1. The third-order valence-corrected chi connectivity index (χ3v) is 5.60. The van der Waals surface area contributed by atoms with Gasteiger partial charge in [-0.2, -0.15) is 0 Å². The number of nitrogens with zero attached hydrogens (tertiary/aromatic N) is 2. The Labute approximate surface area is 125 Å². The van der Waals surface area contributed by atoms with Gasteiger partial charge in [-0.05, 0) is 31.2 Å². The molecule has 0 aliphatic carbocycles. The molecule has 1 fully saturated rings. The third-order valence-electron chi connectivity index (χ3n) is 3.80. The van der Waals surface area contributed by atoms with Gasteiger partial charge in [-0.1, -0.05) is 0 Å². The second kappa shape index (κ2) is 6.03. The van der Waals surface area contributed by atoms with Crippen molar-refractivity contribution in [3.05, 3.63) is 24.3 Å². The van der Waals surface area contributed by atoms with Crippen molar-refractivity contribution in [3.8, 4) is 0 Å². The summed E-state index contributed by atoms with van der Waals surface area (Å²) in [7, 11) is -1.25. The summed E-state index contributed by atoms with van der Waals surface area (Å²) in [5.74, 6) is 0.174. The molecule has 2 N–H and O–H groups in total. The van der Waals surface area contributed by atoms with Crippen LogP contribution in [-0.2, 0) is 14.6 Å². The van der Waals surface area contributed by atoms with Gasteiger partial charge < -0.3 is 10.6 Å². The summed E-state index contributed by atoms with van der Waals surface area (Å²) in [6, 6.07) is 6.94. The fourth-order valence-corrected chi connectivity index (χ4v) is 4.01. The van der Waals surface area contributed by atoms with Crippen molar-refractivity contribution in [1.82, 2.24) is 4.90 Å². The Morgan fingerprint density at radius 3 is 2.57 bits per heavy atom. The van der Waals surface area contributed by atoms with Gasteiger partial charge in [-0.15, -0.1) is 0 Å². The molecule has 0 radical (unpaired) electrons. The molecule has 1 atom stereocenters. The standard InChI is InChI=1S/C14H21N3O3S/c1-11-10-21(19,20)8-7-17(11)9-14(18)16(2)13-5-3-12(15)4-6-13/h3-6,11H,7-10,15H2,1-2H3. The maximum atomic E-state index is 12.3. The third kappa shape index (κ3) is 3.95. The number of hydrogen-bond acceptors (Lipinski definition) is 5. The fraction of sp³-hybridized carbons (Fsp3) is 0.500. The van der Waals surface area contributed by atoms with Crippen LogP contribution in [0.2, 0.25) is 0 Å². The van der Waals surface area contributed by atoms with E-state index in [9.17, 15) is 13.2 Å². The maximum absolute atomic E-state index is 12.3. The molecular weight excluding hydrogens is 290 g/mol. The monoisotopic (exact) mass is 311 g/mol. The van der Waals surface area contributed by atoms with Gasteiger partial charge in [0.1, 0.15) is 0 Å². The number of carbonyl (C=O) groups is 1. The zero-order chi connectivity index (χ0) is 15.6. The highest BCUT2D eigenvalue weighted by molar-refractivity contribution is 7.91. The first-order valence-corrected chi connectivity index (χ1v) is 8.67. The van der Waals surface area contributed by atoms with E-state index in [4.69, 9.17) is 5.73 Å². The number of sulfone groups is 1. The van der Waals surface area contributed by atoms with Gasteiger partial charge in [0.15, 0.2) is 9.84 Å². The van der Waals surface area contributed by atoms with Gasteiger partial charge in [0.25, 0.3) is 0 Å². The van der Waals surface area contributed by atoms with Gasteiger partial charge in [0, 0.05) is 31.0 Å². The predicted octanol–water partition coefficient (Wildman–Crippen LogP) is 0.351. The second-order valence-electron chi connectivity index (χ2n) is 5.48. The minimum Gasteiger partial charge on any atom is -0.399 e. The molecule has 116 valence electrons. The van der Waals surface area contributed by atoms with Crippen LogP contribution in [0.5, 0.6) is 0 Å². The molecule has 1 aliphatic rings. The van der Waals surface area contributed by atoms with Crippen LogP contribution >= 0.6 is 0 Å². The average Bonchev–Trinajstić information content (AvgIpc) is 2.41. The van der Waals surface area contributed by atoms with Gasteiger partial charge in [0.05, 0.1) is 18.1 Å². The summed E-state index contributed by atoms with van der Waals surface area (Å²) in [5, 5.41) is 0. The summed E-state index contributed by atoms with van der Waals surface area (Å²) in [6.45, 7) is 2.47. The van der Waals surface area contributed by atoms with Crippen LogP contribution < -0.4 is 10.6 Å². The van der Waals surface area contributed by atoms with E-state index in [1.54, 1.807) is 36.2 Å². The van der Waals surface area contributed by atoms with Crippen LogP contribution in [0.15, 0.2) is 24.3 Å². The smallest absolute Gasteiger partial charge is 0.240 e. The molecule has 1 unspecified atom stereocenters. The SMILES string of the molecule is CC1CS(=O)(=O)CCN1CC(=O)N(C)c1ccc(N)cc1. The predicted molar refractivity (Wildman–Crippen MR) is 84.0 cm³/mol. The Kier molecular flexibility index (Phi) is 4.53. The summed E-state index contributed by atoms with van der Waals surface area (Å²) in [6.07, 6.45) is 0. The van der Waals surface area contributed by atoms with Crippen LogP contribution in [0.4, 0.5) is 11.4 Å². The molecule has 1 amide bonds. The molecular formula is C14H21N3O3S. The molecule has 0 saturated carbocycles. The van der Waals surface area contributed by atoms with Crippen molar-refractivity contribution in [2.75, 3.05) is 42.3 Å². The van der Waals surface area contributed by atoms with Crippen molar-refractivity contribution in [2.24, 2.45) is 0 Å². The lowest BCUT2D eigenvalue weighted by atomic mass is 10.2. The Morgan fingerprint density at radius 2 is 2.00 bits per heavy atom. The van der Waals surface area contributed by atoms with Gasteiger partial charge >= 0.3 is 0 Å². The zero-order valence-electron chi connectivity index (χ0n) is 12.3. The number of likely N-dealkylation sites (N-methyl/N-ethyl adjacent to an activating group) is 1. The van der Waals surface area contributed by atoms with Crippen LogP contribution in [0.3, 0.4) is 0 Å². The molecule has 1 aromatic rings. The van der Waals surface area contributed by atoms with Crippen molar-refractivity contribution >= 4 is 27.1 Å². The molecule has 21 heavy (non-hydrogen) atoms. The van der Waals surface area contributed by atoms with Crippen molar-refractivity contribution in [1.29, 1.82) is 0 Å².